The van der Waals surface area contributed by atoms with Crippen LogP contribution in [-0.4, -0.2) is 27.7 Å². The van der Waals surface area contributed by atoms with Crippen LogP contribution in [-0.2, 0) is 0 Å². The number of urea groups is 1. The average molecular weight is 289 g/mol. The summed E-state index contributed by atoms with van der Waals surface area (Å²) in [4.78, 5) is 14.0. The number of hydrogen-bond donors (Lipinski definition) is 2. The van der Waals surface area contributed by atoms with E-state index < -0.39 is 0 Å². The fourth-order valence-corrected chi connectivity index (χ4v) is 2.16. The number of nitrogens with zero attached hydrogens (tertiary/aromatic N) is 2. The molecule has 0 bridgehead atoms. The molecular formula is C15H19N3O3. The number of anilines is 1. The Morgan fingerprint density at radius 3 is 2.81 bits per heavy atom. The van der Waals surface area contributed by atoms with Crippen molar-refractivity contribution in [1.29, 1.82) is 0 Å². The average Bonchev–Trinajstić information content (AvgIpc) is 2.84. The van der Waals surface area contributed by atoms with Crippen LogP contribution < -0.4 is 5.32 Å². The number of phenols is 1. The van der Waals surface area contributed by atoms with E-state index in [1.807, 2.05) is 19.9 Å². The van der Waals surface area contributed by atoms with E-state index in [1.165, 1.54) is 0 Å². The van der Waals surface area contributed by atoms with E-state index in [0.29, 0.717) is 18.1 Å². The lowest BCUT2D eigenvalue weighted by Crippen LogP contribution is -2.36. The zero-order chi connectivity index (χ0) is 15.4. The lowest BCUT2D eigenvalue weighted by Gasteiger charge is -2.28. The molecule has 0 aliphatic heterocycles. The van der Waals surface area contributed by atoms with Gasteiger partial charge < -0.3 is 14.5 Å². The van der Waals surface area contributed by atoms with Gasteiger partial charge in [0.05, 0.1) is 6.04 Å². The Morgan fingerprint density at radius 2 is 2.24 bits per heavy atom. The molecule has 2 rings (SSSR count). The Balaban J connectivity index is 2.12. The first-order chi connectivity index (χ1) is 10.0. The van der Waals surface area contributed by atoms with Gasteiger partial charge in [-0.1, -0.05) is 17.3 Å². The summed E-state index contributed by atoms with van der Waals surface area (Å²) < 4.78 is 4.92. The smallest absolute Gasteiger partial charge is 0.323 e. The van der Waals surface area contributed by atoms with Gasteiger partial charge in [0.15, 0.2) is 5.82 Å². The lowest BCUT2D eigenvalue weighted by molar-refractivity contribution is 0.196. The zero-order valence-electron chi connectivity index (χ0n) is 12.3. The number of nitrogens with one attached hydrogen (secondary N) is 1. The highest BCUT2D eigenvalue weighted by Crippen LogP contribution is 2.24. The van der Waals surface area contributed by atoms with Gasteiger partial charge in [0.1, 0.15) is 11.5 Å². The summed E-state index contributed by atoms with van der Waals surface area (Å²) in [5.74, 6) is 1.20. The lowest BCUT2D eigenvalue weighted by atomic mass is 10.1. The summed E-state index contributed by atoms with van der Waals surface area (Å²) >= 11 is 0. The van der Waals surface area contributed by atoms with Gasteiger partial charge in [-0.05, 0) is 38.5 Å². The van der Waals surface area contributed by atoms with E-state index in [2.05, 4.69) is 10.5 Å². The number of aryl methyl sites for hydroxylation is 1. The van der Waals surface area contributed by atoms with Crippen LogP contribution in [0.1, 0.15) is 31.2 Å². The second-order valence-corrected chi connectivity index (χ2v) is 4.81. The van der Waals surface area contributed by atoms with Crippen LogP contribution >= 0.6 is 0 Å². The van der Waals surface area contributed by atoms with Crippen molar-refractivity contribution < 1.29 is 14.4 Å². The molecule has 0 saturated carbocycles. The maximum Gasteiger partial charge on any atom is 0.323 e. The van der Waals surface area contributed by atoms with Crippen molar-refractivity contribution in [1.82, 2.24) is 10.1 Å². The Hall–Kier alpha value is -2.50. The molecule has 112 valence electrons. The van der Waals surface area contributed by atoms with Crippen molar-refractivity contribution in [2.75, 3.05) is 11.9 Å². The number of carbonyl (C=O) groups excluding carboxylic acids is 1. The Morgan fingerprint density at radius 1 is 1.48 bits per heavy atom. The van der Waals surface area contributed by atoms with Crippen LogP contribution in [0.4, 0.5) is 10.6 Å². The minimum atomic E-state index is -0.262. The molecule has 6 heteroatoms. The molecule has 21 heavy (non-hydrogen) atoms. The molecular weight excluding hydrogens is 270 g/mol. The van der Waals surface area contributed by atoms with Crippen molar-refractivity contribution in [3.8, 4) is 5.75 Å². The van der Waals surface area contributed by atoms with E-state index in [0.717, 1.165) is 5.56 Å². The fourth-order valence-electron chi connectivity index (χ4n) is 2.16. The molecule has 2 aromatic rings. The fraction of sp³-hybridized carbons (Fsp3) is 0.333. The van der Waals surface area contributed by atoms with Crippen molar-refractivity contribution in [2.24, 2.45) is 0 Å². The molecule has 0 fully saturated rings. The predicted octanol–water partition coefficient (Wildman–Crippen LogP) is 3.30. The molecule has 1 aromatic carbocycles. The monoisotopic (exact) mass is 289 g/mol. The van der Waals surface area contributed by atoms with Gasteiger partial charge in [0, 0.05) is 12.6 Å². The summed E-state index contributed by atoms with van der Waals surface area (Å²) in [5.41, 5.74) is 0.864. The van der Waals surface area contributed by atoms with Crippen LogP contribution in [0, 0.1) is 6.92 Å². The standard InChI is InChI=1S/C15H19N3O3/c1-4-18(11(3)12-6-5-7-13(19)9-12)15(20)16-14-8-10(2)21-17-14/h5-9,11,19H,4H2,1-3H3,(H,16,17,20)/t11-/m0/s1. The van der Waals surface area contributed by atoms with Crippen molar-refractivity contribution in [3.05, 3.63) is 41.7 Å². The number of amides is 2. The second kappa shape index (κ2) is 6.30. The van der Waals surface area contributed by atoms with Crippen LogP contribution in [0.3, 0.4) is 0 Å². The number of carbonyl (C=O) groups is 1. The quantitative estimate of drug-likeness (QED) is 0.905. The van der Waals surface area contributed by atoms with E-state index in [4.69, 9.17) is 4.52 Å². The summed E-state index contributed by atoms with van der Waals surface area (Å²) in [5, 5.41) is 16.0. The van der Waals surface area contributed by atoms with Gasteiger partial charge in [-0.15, -0.1) is 0 Å². The normalized spacial score (nSPS) is 12.0. The minimum absolute atomic E-state index is 0.171. The first kappa shape index (κ1) is 14.9. The van der Waals surface area contributed by atoms with Gasteiger partial charge in [-0.2, -0.15) is 0 Å². The summed E-state index contributed by atoms with van der Waals surface area (Å²) in [6, 6.07) is 8.11. The maximum absolute atomic E-state index is 12.3. The number of phenolic OH excluding ortho intramolecular Hbond substituents is 1. The molecule has 2 amide bonds. The molecule has 6 nitrogen and oxygen atoms in total. The predicted molar refractivity (Wildman–Crippen MR) is 79.2 cm³/mol. The van der Waals surface area contributed by atoms with Gasteiger partial charge in [-0.25, -0.2) is 4.79 Å². The molecule has 1 aromatic heterocycles. The first-order valence-electron chi connectivity index (χ1n) is 6.81. The molecule has 0 saturated heterocycles. The summed E-state index contributed by atoms with van der Waals surface area (Å²) in [6.07, 6.45) is 0. The van der Waals surface area contributed by atoms with Gasteiger partial charge in [0.2, 0.25) is 0 Å². The van der Waals surface area contributed by atoms with Crippen LogP contribution in [0.15, 0.2) is 34.9 Å². The zero-order valence-corrected chi connectivity index (χ0v) is 12.3. The van der Waals surface area contributed by atoms with Crippen LogP contribution in [0.5, 0.6) is 5.75 Å². The van der Waals surface area contributed by atoms with Gasteiger partial charge in [-0.3, -0.25) is 5.32 Å². The third kappa shape index (κ3) is 3.53. The number of aromatic nitrogens is 1. The summed E-state index contributed by atoms with van der Waals surface area (Å²) in [7, 11) is 0. The highest BCUT2D eigenvalue weighted by atomic mass is 16.5. The van der Waals surface area contributed by atoms with E-state index >= 15 is 0 Å². The molecule has 0 aliphatic carbocycles. The third-order valence-corrected chi connectivity index (χ3v) is 3.28. The van der Waals surface area contributed by atoms with E-state index in [9.17, 15) is 9.90 Å². The second-order valence-electron chi connectivity index (χ2n) is 4.81. The Labute approximate surface area is 123 Å². The largest absolute Gasteiger partial charge is 0.508 e. The summed E-state index contributed by atoms with van der Waals surface area (Å²) in [6.45, 7) is 6.09. The number of hydrogen-bond acceptors (Lipinski definition) is 4. The Bertz CT molecular complexity index is 624. The number of rotatable bonds is 4. The number of aromatic hydroxyl groups is 1. The van der Waals surface area contributed by atoms with Crippen molar-refractivity contribution in [2.45, 2.75) is 26.8 Å². The molecule has 0 unspecified atom stereocenters. The molecule has 2 N–H and O–H groups in total. The highest BCUT2D eigenvalue weighted by molar-refractivity contribution is 5.88. The van der Waals surface area contributed by atoms with Crippen molar-refractivity contribution >= 4 is 11.8 Å². The highest BCUT2D eigenvalue weighted by Gasteiger charge is 2.21. The minimum Gasteiger partial charge on any atom is -0.508 e. The third-order valence-electron chi connectivity index (χ3n) is 3.28. The van der Waals surface area contributed by atoms with E-state index in [1.54, 1.807) is 36.1 Å². The van der Waals surface area contributed by atoms with Crippen LogP contribution in [0.25, 0.3) is 0 Å². The number of benzene rings is 1. The molecule has 0 radical (unpaired) electrons. The Kier molecular flexibility index (Phi) is 4.47. The molecule has 1 heterocycles. The maximum atomic E-state index is 12.3. The molecule has 0 spiro atoms. The first-order valence-corrected chi connectivity index (χ1v) is 6.81. The van der Waals surface area contributed by atoms with Crippen molar-refractivity contribution in [3.63, 3.8) is 0 Å². The van der Waals surface area contributed by atoms with Gasteiger partial charge in [0.25, 0.3) is 0 Å². The van der Waals surface area contributed by atoms with E-state index in [-0.39, 0.29) is 17.8 Å². The molecule has 1 atom stereocenters. The van der Waals surface area contributed by atoms with Gasteiger partial charge >= 0.3 is 6.03 Å². The topological polar surface area (TPSA) is 78.6 Å². The van der Waals surface area contributed by atoms with Crippen LogP contribution in [0.2, 0.25) is 0 Å². The molecule has 0 aliphatic rings. The SMILES string of the molecule is CCN(C(=O)Nc1cc(C)on1)[C@@H](C)c1cccc(O)c1.